The van der Waals surface area contributed by atoms with Gasteiger partial charge in [0.2, 0.25) is 0 Å². The smallest absolute Gasteiger partial charge is 0.146 e. The molecule has 0 radical (unpaired) electrons. The molecule has 2 heterocycles. The highest BCUT2D eigenvalue weighted by Gasteiger charge is 2.39. The van der Waals surface area contributed by atoms with Crippen molar-refractivity contribution in [1.82, 2.24) is 9.97 Å². The molecule has 1 aliphatic heterocycles. The average Bonchev–Trinajstić information content (AvgIpc) is 2.13. The molecule has 1 saturated heterocycles. The van der Waals surface area contributed by atoms with Crippen molar-refractivity contribution in [2.75, 3.05) is 18.0 Å². The van der Waals surface area contributed by atoms with E-state index in [0.717, 1.165) is 23.4 Å². The Bertz CT molecular complexity index is 404. The normalized spacial score (nSPS) is 22.5. The minimum atomic E-state index is -0.174. The highest BCUT2D eigenvalue weighted by molar-refractivity contribution is 9.10. The first kappa shape index (κ1) is 12.8. The maximum Gasteiger partial charge on any atom is 0.146 e. The monoisotopic (exact) mass is 299 g/mol. The minimum Gasteiger partial charge on any atom is -0.366 e. The third-order valence-electron chi connectivity index (χ3n) is 2.64. The molecule has 0 saturated carbocycles. The van der Waals surface area contributed by atoms with Crippen molar-refractivity contribution in [1.29, 1.82) is 0 Å². The average molecular weight is 300 g/mol. The van der Waals surface area contributed by atoms with Gasteiger partial charge in [0.15, 0.2) is 0 Å². The highest BCUT2D eigenvalue weighted by atomic mass is 79.9. The fraction of sp³-hybridized carbons (Fsp3) is 0.667. The number of nitrogens with zero attached hydrogens (tertiary/aromatic N) is 3. The molecule has 94 valence electrons. The third-order valence-corrected chi connectivity index (χ3v) is 3.20. The highest BCUT2D eigenvalue weighted by Crippen LogP contribution is 2.33. The van der Waals surface area contributed by atoms with Crippen molar-refractivity contribution in [2.45, 2.75) is 38.9 Å². The first-order valence-corrected chi connectivity index (χ1v) is 6.49. The van der Waals surface area contributed by atoms with Gasteiger partial charge in [-0.25, -0.2) is 9.97 Å². The number of hydrogen-bond acceptors (Lipinski definition) is 4. The van der Waals surface area contributed by atoms with Crippen LogP contribution in [-0.2, 0) is 4.74 Å². The molecule has 1 aromatic heterocycles. The maximum atomic E-state index is 6.05. The standard InChI is InChI=1S/C12H18BrN3O/c1-11(2)6-16(7-12(3,4)17-11)10-9(13)5-14-8-15-10/h5,8H,6-7H2,1-4H3. The zero-order chi connectivity index (χ0) is 12.7. The molecule has 0 amide bonds. The van der Waals surface area contributed by atoms with Crippen LogP contribution in [0.25, 0.3) is 0 Å². The molecule has 2 rings (SSSR count). The SMILES string of the molecule is CC1(C)CN(c2ncncc2Br)CC(C)(C)O1. The molecule has 0 aromatic carbocycles. The van der Waals surface area contributed by atoms with Crippen molar-refractivity contribution in [3.8, 4) is 0 Å². The second kappa shape index (κ2) is 4.21. The summed E-state index contributed by atoms with van der Waals surface area (Å²) < 4.78 is 6.98. The second-order valence-corrected chi connectivity index (χ2v) is 6.53. The van der Waals surface area contributed by atoms with Crippen molar-refractivity contribution in [3.63, 3.8) is 0 Å². The number of ether oxygens (including phenoxy) is 1. The quantitative estimate of drug-likeness (QED) is 0.799. The van der Waals surface area contributed by atoms with Gasteiger partial charge >= 0.3 is 0 Å². The van der Waals surface area contributed by atoms with Crippen LogP contribution in [0.15, 0.2) is 17.0 Å². The summed E-state index contributed by atoms with van der Waals surface area (Å²) in [5.41, 5.74) is -0.349. The number of halogens is 1. The van der Waals surface area contributed by atoms with Crippen LogP contribution in [0, 0.1) is 0 Å². The fourth-order valence-corrected chi connectivity index (χ4v) is 2.95. The zero-order valence-corrected chi connectivity index (χ0v) is 12.3. The molecule has 0 spiro atoms. The van der Waals surface area contributed by atoms with Crippen molar-refractivity contribution < 1.29 is 4.74 Å². The molecule has 0 bridgehead atoms. The van der Waals surface area contributed by atoms with Crippen molar-refractivity contribution in [2.24, 2.45) is 0 Å². The van der Waals surface area contributed by atoms with E-state index in [2.05, 4.69) is 58.5 Å². The van der Waals surface area contributed by atoms with E-state index in [1.165, 1.54) is 0 Å². The van der Waals surface area contributed by atoms with E-state index < -0.39 is 0 Å². The second-order valence-electron chi connectivity index (χ2n) is 5.67. The molecule has 0 unspecified atom stereocenters. The van der Waals surface area contributed by atoms with Gasteiger partial charge in [-0.2, -0.15) is 0 Å². The zero-order valence-electron chi connectivity index (χ0n) is 10.7. The van der Waals surface area contributed by atoms with E-state index in [1.54, 1.807) is 12.5 Å². The first-order chi connectivity index (χ1) is 7.79. The Balaban J connectivity index is 2.30. The molecule has 0 atom stereocenters. The Labute approximate surface area is 111 Å². The van der Waals surface area contributed by atoms with Crippen LogP contribution in [0.3, 0.4) is 0 Å². The van der Waals surface area contributed by atoms with Crippen LogP contribution >= 0.6 is 15.9 Å². The summed E-state index contributed by atoms with van der Waals surface area (Å²) in [7, 11) is 0. The summed E-state index contributed by atoms with van der Waals surface area (Å²) in [4.78, 5) is 10.6. The van der Waals surface area contributed by atoms with Gasteiger partial charge in [-0.15, -0.1) is 0 Å². The van der Waals surface area contributed by atoms with Gasteiger partial charge in [0, 0.05) is 19.3 Å². The van der Waals surface area contributed by atoms with Crippen LogP contribution in [0.2, 0.25) is 0 Å². The number of rotatable bonds is 1. The number of morpholine rings is 1. The van der Waals surface area contributed by atoms with Crippen LogP contribution < -0.4 is 4.90 Å². The number of aromatic nitrogens is 2. The number of hydrogen-bond donors (Lipinski definition) is 0. The largest absolute Gasteiger partial charge is 0.366 e. The van der Waals surface area contributed by atoms with Crippen LogP contribution in [0.4, 0.5) is 5.82 Å². The predicted molar refractivity (Wildman–Crippen MR) is 71.2 cm³/mol. The lowest BCUT2D eigenvalue weighted by Gasteiger charge is -2.47. The van der Waals surface area contributed by atoms with Gasteiger partial charge in [0.25, 0.3) is 0 Å². The molecular formula is C12H18BrN3O. The van der Waals surface area contributed by atoms with Crippen LogP contribution in [0.5, 0.6) is 0 Å². The van der Waals surface area contributed by atoms with Gasteiger partial charge in [-0.1, -0.05) is 0 Å². The van der Waals surface area contributed by atoms with E-state index in [-0.39, 0.29) is 11.2 Å². The van der Waals surface area contributed by atoms with Crippen molar-refractivity contribution >= 4 is 21.7 Å². The van der Waals surface area contributed by atoms with Gasteiger partial charge in [0.05, 0.1) is 15.7 Å². The van der Waals surface area contributed by atoms with Crippen LogP contribution in [0.1, 0.15) is 27.7 Å². The van der Waals surface area contributed by atoms with E-state index in [0.29, 0.717) is 0 Å². The Hall–Kier alpha value is -0.680. The minimum absolute atomic E-state index is 0.174. The summed E-state index contributed by atoms with van der Waals surface area (Å²) in [6.45, 7) is 10.1. The van der Waals surface area contributed by atoms with Gasteiger partial charge in [0.1, 0.15) is 12.1 Å². The maximum absolute atomic E-state index is 6.05. The van der Waals surface area contributed by atoms with Crippen molar-refractivity contribution in [3.05, 3.63) is 17.0 Å². The van der Waals surface area contributed by atoms with E-state index >= 15 is 0 Å². The van der Waals surface area contributed by atoms with Gasteiger partial charge in [-0.3, -0.25) is 0 Å². The van der Waals surface area contributed by atoms with E-state index in [9.17, 15) is 0 Å². The summed E-state index contributed by atoms with van der Waals surface area (Å²) in [6.07, 6.45) is 3.35. The van der Waals surface area contributed by atoms with E-state index in [1.807, 2.05) is 0 Å². The Kier molecular flexibility index (Phi) is 3.16. The molecule has 0 aliphatic carbocycles. The fourth-order valence-electron chi connectivity index (χ4n) is 2.48. The van der Waals surface area contributed by atoms with Crippen LogP contribution in [-0.4, -0.2) is 34.3 Å². The van der Waals surface area contributed by atoms with Gasteiger partial charge < -0.3 is 9.64 Å². The lowest BCUT2D eigenvalue weighted by molar-refractivity contribution is -0.133. The summed E-state index contributed by atoms with van der Waals surface area (Å²) in [6, 6.07) is 0. The molecule has 1 fully saturated rings. The molecule has 1 aromatic rings. The summed E-state index contributed by atoms with van der Waals surface area (Å²) >= 11 is 3.50. The predicted octanol–water partition coefficient (Wildman–Crippen LogP) is 2.63. The first-order valence-electron chi connectivity index (χ1n) is 5.70. The lowest BCUT2D eigenvalue weighted by Crippen LogP contribution is -2.57. The Morgan fingerprint density at radius 2 is 1.82 bits per heavy atom. The third kappa shape index (κ3) is 2.96. The molecule has 0 N–H and O–H groups in total. The molecule has 17 heavy (non-hydrogen) atoms. The number of anilines is 1. The summed E-state index contributed by atoms with van der Waals surface area (Å²) in [5.74, 6) is 0.935. The molecule has 4 nitrogen and oxygen atoms in total. The summed E-state index contributed by atoms with van der Waals surface area (Å²) in [5, 5.41) is 0. The van der Waals surface area contributed by atoms with E-state index in [4.69, 9.17) is 4.74 Å². The Morgan fingerprint density at radius 1 is 1.24 bits per heavy atom. The van der Waals surface area contributed by atoms with Gasteiger partial charge in [-0.05, 0) is 43.6 Å². The lowest BCUT2D eigenvalue weighted by atomic mass is 9.99. The molecule has 1 aliphatic rings. The molecular weight excluding hydrogens is 282 g/mol. The topological polar surface area (TPSA) is 38.2 Å². The molecule has 5 heteroatoms. The Morgan fingerprint density at radius 3 is 2.35 bits per heavy atom.